The maximum Gasteiger partial charge on any atom is 0.416 e. The largest absolute Gasteiger partial charge is 0.480 e. The number of ether oxygens (including phenoxy) is 1. The van der Waals surface area contributed by atoms with E-state index >= 15 is 0 Å². The van der Waals surface area contributed by atoms with Crippen molar-refractivity contribution in [1.82, 2.24) is 10.6 Å². The number of halogens is 4. The second kappa shape index (κ2) is 15.3. The van der Waals surface area contributed by atoms with Gasteiger partial charge in [-0.25, -0.2) is 4.79 Å². The number of nitrogens with one attached hydrogen (secondary N) is 2. The van der Waals surface area contributed by atoms with Crippen LogP contribution in [0.5, 0.6) is 11.5 Å². The number of amides is 2. The maximum atomic E-state index is 13.3. The monoisotopic (exact) mass is 654 g/mol. The molecule has 0 aliphatic rings. The highest BCUT2D eigenvalue weighted by molar-refractivity contribution is 7.98. The van der Waals surface area contributed by atoms with Crippen LogP contribution in [-0.2, 0) is 21.5 Å². The minimum absolute atomic E-state index is 0.0346. The predicted octanol–water partition coefficient (Wildman–Crippen LogP) is 7.42. The van der Waals surface area contributed by atoms with Crippen LogP contribution in [0.25, 0.3) is 6.08 Å². The van der Waals surface area contributed by atoms with Crippen LogP contribution >= 0.6 is 23.4 Å². The van der Waals surface area contributed by atoms with Crippen LogP contribution < -0.4 is 15.4 Å². The fourth-order valence-electron chi connectivity index (χ4n) is 3.88. The van der Waals surface area contributed by atoms with E-state index in [1.54, 1.807) is 48.5 Å². The Bertz CT molecular complexity index is 1650. The number of carboxylic acid groups (broad SMARTS) is 1. The number of carbonyl (C=O) groups is 3. The Hall–Kier alpha value is -4.74. The molecule has 0 spiro atoms. The summed E-state index contributed by atoms with van der Waals surface area (Å²) in [6, 6.07) is 24.7. The Labute approximate surface area is 266 Å². The Morgan fingerprint density at radius 2 is 1.47 bits per heavy atom. The minimum atomic E-state index is -4.59. The number of thioether (sulfide) groups is 1. The molecule has 0 aliphatic heterocycles. The topological polar surface area (TPSA) is 105 Å². The van der Waals surface area contributed by atoms with Crippen LogP contribution in [0.3, 0.4) is 0 Å². The molecule has 12 heteroatoms. The van der Waals surface area contributed by atoms with Crippen molar-refractivity contribution in [2.24, 2.45) is 0 Å². The molecule has 0 radical (unpaired) electrons. The van der Waals surface area contributed by atoms with Gasteiger partial charge in [-0.1, -0.05) is 54.1 Å². The Balaban J connectivity index is 1.53. The van der Waals surface area contributed by atoms with E-state index in [-0.39, 0.29) is 17.0 Å². The molecule has 0 saturated heterocycles. The lowest BCUT2D eigenvalue weighted by Gasteiger charge is -2.17. The van der Waals surface area contributed by atoms with Crippen LogP contribution in [0.4, 0.5) is 13.2 Å². The first-order valence-corrected chi connectivity index (χ1v) is 14.9. The fraction of sp³-hybridized carbons (Fsp3) is 0.121. The summed E-state index contributed by atoms with van der Waals surface area (Å²) >= 11 is 7.21. The highest BCUT2D eigenvalue weighted by Gasteiger charge is 2.30. The van der Waals surface area contributed by atoms with Crippen molar-refractivity contribution in [3.63, 3.8) is 0 Å². The van der Waals surface area contributed by atoms with E-state index in [0.29, 0.717) is 27.8 Å². The highest BCUT2D eigenvalue weighted by atomic mass is 35.5. The predicted molar refractivity (Wildman–Crippen MR) is 167 cm³/mol. The third-order valence-corrected chi connectivity index (χ3v) is 7.57. The van der Waals surface area contributed by atoms with Crippen molar-refractivity contribution in [2.45, 2.75) is 18.0 Å². The van der Waals surface area contributed by atoms with Gasteiger partial charge < -0.3 is 20.5 Å². The summed E-state index contributed by atoms with van der Waals surface area (Å²) < 4.78 is 44.7. The smallest absolute Gasteiger partial charge is 0.416 e. The molecule has 0 aliphatic carbocycles. The van der Waals surface area contributed by atoms with Crippen molar-refractivity contribution in [3.05, 3.63) is 136 Å². The van der Waals surface area contributed by atoms with Gasteiger partial charge in [-0.2, -0.15) is 24.9 Å². The summed E-state index contributed by atoms with van der Waals surface area (Å²) in [6.07, 6.45) is -3.27. The van der Waals surface area contributed by atoms with Gasteiger partial charge in [0.15, 0.2) is 0 Å². The molecule has 0 fully saturated rings. The van der Waals surface area contributed by atoms with Crippen molar-refractivity contribution >= 4 is 47.2 Å². The Morgan fingerprint density at radius 1 is 0.867 bits per heavy atom. The molecule has 45 heavy (non-hydrogen) atoms. The average Bonchev–Trinajstić information content (AvgIpc) is 3.02. The Morgan fingerprint density at radius 3 is 2.04 bits per heavy atom. The van der Waals surface area contributed by atoms with E-state index < -0.39 is 35.6 Å². The van der Waals surface area contributed by atoms with Crippen LogP contribution in [0.1, 0.15) is 27.0 Å². The molecular formula is C33H26ClF3N2O5S. The van der Waals surface area contributed by atoms with E-state index in [9.17, 15) is 32.7 Å². The highest BCUT2D eigenvalue weighted by Crippen LogP contribution is 2.29. The zero-order valence-electron chi connectivity index (χ0n) is 23.4. The van der Waals surface area contributed by atoms with E-state index in [1.165, 1.54) is 17.8 Å². The number of hydrogen-bond donors (Lipinski definition) is 3. The lowest BCUT2D eigenvalue weighted by atomic mass is 10.1. The summed E-state index contributed by atoms with van der Waals surface area (Å²) in [6.45, 7) is 0. The third kappa shape index (κ3) is 10.2. The standard InChI is InChI=1S/C33H26ClF3N2O5S/c34-25-12-16-27(17-13-25)44-26-14-6-21(7-15-26)18-28(38-30(40)23-8-10-24(11-9-23)33(35,36)37)31(41)39-29(32(42)43)20-45-19-22-4-2-1-3-5-22/h1-18,29H,19-20H2,(H,38,40)(H,39,41)(H,42,43)/b28-18+/t29-/m0/s1. The average molecular weight is 655 g/mol. The fourth-order valence-corrected chi connectivity index (χ4v) is 5.01. The molecule has 4 aromatic carbocycles. The van der Waals surface area contributed by atoms with E-state index in [2.05, 4.69) is 10.6 Å². The van der Waals surface area contributed by atoms with Crippen molar-refractivity contribution < 1.29 is 37.4 Å². The molecule has 0 saturated carbocycles. The number of carboxylic acids is 1. The number of hydrogen-bond acceptors (Lipinski definition) is 5. The molecule has 0 bridgehead atoms. The summed E-state index contributed by atoms with van der Waals surface area (Å²) in [5, 5.41) is 15.2. The molecule has 4 rings (SSSR count). The van der Waals surface area contributed by atoms with Crippen molar-refractivity contribution in [2.75, 3.05) is 5.75 Å². The van der Waals surface area contributed by atoms with E-state index in [4.69, 9.17) is 16.3 Å². The van der Waals surface area contributed by atoms with E-state index in [0.717, 1.165) is 29.8 Å². The van der Waals surface area contributed by atoms with Gasteiger partial charge in [-0.3, -0.25) is 9.59 Å². The first kappa shape index (κ1) is 33.2. The van der Waals surface area contributed by atoms with Gasteiger partial charge in [-0.15, -0.1) is 0 Å². The Kier molecular flexibility index (Phi) is 11.3. The molecule has 0 heterocycles. The molecule has 2 amide bonds. The summed E-state index contributed by atoms with van der Waals surface area (Å²) in [5.74, 6) is -1.49. The van der Waals surface area contributed by atoms with Crippen molar-refractivity contribution in [1.29, 1.82) is 0 Å². The van der Waals surface area contributed by atoms with Crippen LogP contribution in [0.15, 0.2) is 109 Å². The van der Waals surface area contributed by atoms with Crippen molar-refractivity contribution in [3.8, 4) is 11.5 Å². The third-order valence-electron chi connectivity index (χ3n) is 6.21. The minimum Gasteiger partial charge on any atom is -0.480 e. The second-order valence-corrected chi connectivity index (χ2v) is 11.0. The van der Waals surface area contributed by atoms with Gasteiger partial charge >= 0.3 is 12.1 Å². The van der Waals surface area contributed by atoms with Crippen LogP contribution in [-0.4, -0.2) is 34.7 Å². The van der Waals surface area contributed by atoms with Crippen LogP contribution in [0, 0.1) is 0 Å². The number of rotatable bonds is 12. The zero-order chi connectivity index (χ0) is 32.4. The van der Waals surface area contributed by atoms with Gasteiger partial charge in [0.2, 0.25) is 0 Å². The summed E-state index contributed by atoms with van der Waals surface area (Å²) in [7, 11) is 0. The lowest BCUT2D eigenvalue weighted by molar-refractivity contribution is -0.140. The molecule has 4 aromatic rings. The van der Waals surface area contributed by atoms with Gasteiger partial charge in [0.25, 0.3) is 11.8 Å². The van der Waals surface area contributed by atoms with Gasteiger partial charge in [-0.05, 0) is 77.9 Å². The number of carbonyl (C=O) groups excluding carboxylic acids is 2. The maximum absolute atomic E-state index is 13.3. The zero-order valence-corrected chi connectivity index (χ0v) is 25.0. The molecule has 232 valence electrons. The number of benzene rings is 4. The SMILES string of the molecule is O=C(N[C@@H](CSCc1ccccc1)C(=O)O)/C(=C\c1ccc(Oc2ccc(Cl)cc2)cc1)NC(=O)c1ccc(C(F)(F)F)cc1. The summed E-state index contributed by atoms with van der Waals surface area (Å²) in [4.78, 5) is 38.3. The normalized spacial score (nSPS) is 12.2. The first-order valence-electron chi connectivity index (χ1n) is 13.4. The molecule has 7 nitrogen and oxygen atoms in total. The van der Waals surface area contributed by atoms with Crippen LogP contribution in [0.2, 0.25) is 5.02 Å². The second-order valence-electron chi connectivity index (χ2n) is 9.58. The molecule has 0 unspecified atom stereocenters. The number of alkyl halides is 3. The molecule has 1 atom stereocenters. The molecule has 0 aromatic heterocycles. The quantitative estimate of drug-likeness (QED) is 0.137. The first-order chi connectivity index (χ1) is 21.5. The lowest BCUT2D eigenvalue weighted by Crippen LogP contribution is -2.45. The molecule has 3 N–H and O–H groups in total. The van der Waals surface area contributed by atoms with E-state index in [1.807, 2.05) is 30.3 Å². The van der Waals surface area contributed by atoms with Gasteiger partial charge in [0.05, 0.1) is 5.56 Å². The molecular weight excluding hydrogens is 629 g/mol. The number of aliphatic carboxylic acids is 1. The van der Waals surface area contributed by atoms with Gasteiger partial charge in [0, 0.05) is 22.1 Å². The van der Waals surface area contributed by atoms with Gasteiger partial charge in [0.1, 0.15) is 23.2 Å². The summed E-state index contributed by atoms with van der Waals surface area (Å²) in [5.41, 5.74) is 0.0328.